The van der Waals surface area contributed by atoms with Gasteiger partial charge in [0.05, 0.1) is 23.5 Å². The van der Waals surface area contributed by atoms with Crippen LogP contribution in [0.15, 0.2) is 73.2 Å². The van der Waals surface area contributed by atoms with Gasteiger partial charge >= 0.3 is 11.9 Å². The largest absolute Gasteiger partial charge is 0.471 e. The molecule has 0 saturated heterocycles. The topological polar surface area (TPSA) is 102 Å². The zero-order valence-electron chi connectivity index (χ0n) is 21.0. The molecule has 2 atom stereocenters. The molecular weight excluding hydrogens is 474 g/mol. The van der Waals surface area contributed by atoms with Crippen molar-refractivity contribution in [2.45, 2.75) is 39.2 Å². The first kappa shape index (κ1) is 25.8. The molecule has 9 heteroatoms. The van der Waals surface area contributed by atoms with Crippen molar-refractivity contribution >= 4 is 23.0 Å². The minimum absolute atomic E-state index is 0.0133. The Labute approximate surface area is 215 Å². The quantitative estimate of drug-likeness (QED) is 0.273. The van der Waals surface area contributed by atoms with E-state index >= 15 is 0 Å². The third-order valence-corrected chi connectivity index (χ3v) is 5.77. The minimum atomic E-state index is -0.755. The van der Waals surface area contributed by atoms with Crippen molar-refractivity contribution in [3.8, 4) is 5.88 Å². The highest BCUT2D eigenvalue weighted by Crippen LogP contribution is 2.28. The van der Waals surface area contributed by atoms with Crippen LogP contribution in [0.3, 0.4) is 0 Å². The van der Waals surface area contributed by atoms with E-state index in [0.717, 1.165) is 11.1 Å². The van der Waals surface area contributed by atoms with Gasteiger partial charge in [0, 0.05) is 26.7 Å². The SMILES string of the molecule is CO[C@H](COC(=O)c1ccc(C)cc1)C[C@@H](OC(C)=O)n1cnc2c(OCc3ccccc3)nccc21. The number of hydrogen-bond donors (Lipinski definition) is 0. The van der Waals surface area contributed by atoms with Crippen LogP contribution in [0.2, 0.25) is 0 Å². The second-order valence-corrected chi connectivity index (χ2v) is 8.53. The van der Waals surface area contributed by atoms with Crippen molar-refractivity contribution in [2.24, 2.45) is 0 Å². The average Bonchev–Trinajstić information content (AvgIpc) is 3.34. The lowest BCUT2D eigenvalue weighted by molar-refractivity contribution is -0.153. The van der Waals surface area contributed by atoms with Gasteiger partial charge in [-0.2, -0.15) is 0 Å². The van der Waals surface area contributed by atoms with Gasteiger partial charge in [-0.25, -0.2) is 14.8 Å². The standard InChI is InChI=1S/C28H29N3O6/c1-19-9-11-22(12-10-19)28(33)36-17-23(34-3)15-25(37-20(2)32)31-18-30-26-24(31)13-14-29-27(26)35-16-21-7-5-4-6-8-21/h4-14,18,23,25H,15-17H2,1-3H3/t23-,25+/m0/s1. The Kier molecular flexibility index (Phi) is 8.48. The summed E-state index contributed by atoms with van der Waals surface area (Å²) in [6.07, 6.45) is 2.12. The van der Waals surface area contributed by atoms with Crippen LogP contribution in [0.5, 0.6) is 5.88 Å². The zero-order valence-corrected chi connectivity index (χ0v) is 21.0. The van der Waals surface area contributed by atoms with Crippen LogP contribution in [0, 0.1) is 6.92 Å². The Morgan fingerprint density at radius 3 is 2.46 bits per heavy atom. The maximum absolute atomic E-state index is 12.4. The van der Waals surface area contributed by atoms with Gasteiger partial charge in [0.15, 0.2) is 11.7 Å². The molecule has 0 fully saturated rings. The molecule has 0 aliphatic rings. The molecule has 0 bridgehead atoms. The number of esters is 2. The molecule has 4 aromatic rings. The molecule has 37 heavy (non-hydrogen) atoms. The van der Waals surface area contributed by atoms with Crippen LogP contribution in [-0.2, 0) is 25.6 Å². The summed E-state index contributed by atoms with van der Waals surface area (Å²) in [4.78, 5) is 33.2. The molecule has 0 saturated carbocycles. The number of aryl methyl sites for hydroxylation is 1. The molecule has 0 aliphatic carbocycles. The molecule has 4 rings (SSSR count). The van der Waals surface area contributed by atoms with Gasteiger partial charge in [0.2, 0.25) is 5.88 Å². The molecule has 0 spiro atoms. The van der Waals surface area contributed by atoms with Crippen LogP contribution in [0.25, 0.3) is 11.0 Å². The van der Waals surface area contributed by atoms with Crippen molar-refractivity contribution in [1.29, 1.82) is 0 Å². The number of nitrogens with zero attached hydrogens (tertiary/aromatic N) is 3. The highest BCUT2D eigenvalue weighted by molar-refractivity contribution is 5.89. The highest BCUT2D eigenvalue weighted by Gasteiger charge is 2.25. The first-order chi connectivity index (χ1) is 17.9. The number of hydrogen-bond acceptors (Lipinski definition) is 8. The predicted molar refractivity (Wildman–Crippen MR) is 136 cm³/mol. The predicted octanol–water partition coefficient (Wildman–Crippen LogP) is 4.64. The van der Waals surface area contributed by atoms with E-state index in [1.807, 2.05) is 49.4 Å². The fraction of sp³-hybridized carbons (Fsp3) is 0.286. The van der Waals surface area contributed by atoms with E-state index in [0.29, 0.717) is 29.1 Å². The number of methoxy groups -OCH3 is 1. The van der Waals surface area contributed by atoms with E-state index in [-0.39, 0.29) is 13.0 Å². The smallest absolute Gasteiger partial charge is 0.338 e. The summed E-state index contributed by atoms with van der Waals surface area (Å²) in [5.41, 5.74) is 3.72. The lowest BCUT2D eigenvalue weighted by atomic mass is 10.1. The van der Waals surface area contributed by atoms with Crippen molar-refractivity contribution in [1.82, 2.24) is 14.5 Å². The summed E-state index contributed by atoms with van der Waals surface area (Å²) >= 11 is 0. The van der Waals surface area contributed by atoms with Crippen LogP contribution in [0.1, 0.15) is 41.1 Å². The second kappa shape index (κ2) is 12.1. The molecule has 0 radical (unpaired) electrons. The number of ether oxygens (including phenoxy) is 4. The molecule has 0 unspecified atom stereocenters. The zero-order chi connectivity index (χ0) is 26.2. The summed E-state index contributed by atoms with van der Waals surface area (Å²) < 4.78 is 24.3. The first-order valence-corrected chi connectivity index (χ1v) is 11.9. The van der Waals surface area contributed by atoms with Gasteiger partial charge < -0.3 is 18.9 Å². The van der Waals surface area contributed by atoms with E-state index in [1.165, 1.54) is 14.0 Å². The van der Waals surface area contributed by atoms with Crippen molar-refractivity contribution in [3.63, 3.8) is 0 Å². The maximum Gasteiger partial charge on any atom is 0.338 e. The summed E-state index contributed by atoms with van der Waals surface area (Å²) in [7, 11) is 1.51. The van der Waals surface area contributed by atoms with E-state index < -0.39 is 24.3 Å². The molecule has 2 aromatic carbocycles. The second-order valence-electron chi connectivity index (χ2n) is 8.53. The third kappa shape index (κ3) is 6.71. The fourth-order valence-corrected chi connectivity index (χ4v) is 3.81. The van der Waals surface area contributed by atoms with Crippen LogP contribution >= 0.6 is 0 Å². The highest BCUT2D eigenvalue weighted by atomic mass is 16.6. The monoisotopic (exact) mass is 503 g/mol. The van der Waals surface area contributed by atoms with E-state index in [1.54, 1.807) is 35.3 Å². The van der Waals surface area contributed by atoms with Crippen molar-refractivity contribution < 1.29 is 28.5 Å². The first-order valence-electron chi connectivity index (χ1n) is 11.9. The van der Waals surface area contributed by atoms with Crippen LogP contribution < -0.4 is 4.74 Å². The number of benzene rings is 2. The summed E-state index contributed by atoms with van der Waals surface area (Å²) in [5, 5.41) is 0. The van der Waals surface area contributed by atoms with Gasteiger partial charge in [-0.1, -0.05) is 48.0 Å². The Morgan fingerprint density at radius 2 is 1.76 bits per heavy atom. The molecule has 0 N–H and O–H groups in total. The number of pyridine rings is 1. The lowest BCUT2D eigenvalue weighted by Gasteiger charge is -2.24. The van der Waals surface area contributed by atoms with Crippen LogP contribution in [0.4, 0.5) is 0 Å². The fourth-order valence-electron chi connectivity index (χ4n) is 3.81. The van der Waals surface area contributed by atoms with Crippen molar-refractivity contribution in [2.75, 3.05) is 13.7 Å². The molecule has 0 amide bonds. The average molecular weight is 504 g/mol. The number of carbonyl (C=O) groups excluding carboxylic acids is 2. The normalized spacial score (nSPS) is 12.6. The van der Waals surface area contributed by atoms with Gasteiger partial charge in [-0.3, -0.25) is 9.36 Å². The number of imidazole rings is 1. The molecule has 2 heterocycles. The third-order valence-electron chi connectivity index (χ3n) is 5.77. The van der Waals surface area contributed by atoms with E-state index in [4.69, 9.17) is 18.9 Å². The number of rotatable bonds is 11. The Hall–Kier alpha value is -4.24. The molecular formula is C28H29N3O6. The molecule has 2 aromatic heterocycles. The molecule has 0 aliphatic heterocycles. The summed E-state index contributed by atoms with van der Waals surface area (Å²) in [5.74, 6) is -0.546. The maximum atomic E-state index is 12.4. The Morgan fingerprint density at radius 1 is 1.00 bits per heavy atom. The summed E-state index contributed by atoms with van der Waals surface area (Å²) in [6, 6.07) is 18.6. The summed E-state index contributed by atoms with van der Waals surface area (Å²) in [6.45, 7) is 3.60. The van der Waals surface area contributed by atoms with Gasteiger partial charge in [-0.05, 0) is 30.7 Å². The van der Waals surface area contributed by atoms with E-state index in [9.17, 15) is 9.59 Å². The minimum Gasteiger partial charge on any atom is -0.471 e. The number of aromatic nitrogens is 3. The number of carbonyl (C=O) groups is 2. The Balaban J connectivity index is 1.49. The Bertz CT molecular complexity index is 1340. The van der Waals surface area contributed by atoms with Crippen molar-refractivity contribution in [3.05, 3.63) is 89.9 Å². The van der Waals surface area contributed by atoms with Gasteiger partial charge in [0.1, 0.15) is 13.2 Å². The molecule has 192 valence electrons. The van der Waals surface area contributed by atoms with Gasteiger partial charge in [-0.15, -0.1) is 0 Å². The lowest BCUT2D eigenvalue weighted by Crippen LogP contribution is -2.27. The van der Waals surface area contributed by atoms with Crippen LogP contribution in [-0.4, -0.2) is 46.3 Å². The van der Waals surface area contributed by atoms with E-state index in [2.05, 4.69) is 9.97 Å². The number of fused-ring (bicyclic) bond motifs is 1. The van der Waals surface area contributed by atoms with Gasteiger partial charge in [0.25, 0.3) is 0 Å². The molecule has 9 nitrogen and oxygen atoms in total.